The van der Waals surface area contributed by atoms with Crippen LogP contribution in [0.4, 0.5) is 5.82 Å². The standard InChI is InChI=1S/C19H17Br2N3O3/c1-26-15-9-13(10-16(27-2)18(15)21)19(25)23-17-7-8-22-24(17)11-12-5-3-4-6-14(12)20/h3-10H,11H2,1-2H3,(H,23,25). The van der Waals surface area contributed by atoms with Crippen molar-refractivity contribution in [2.75, 3.05) is 19.5 Å². The van der Waals surface area contributed by atoms with Gasteiger partial charge in [-0.05, 0) is 39.7 Å². The van der Waals surface area contributed by atoms with Gasteiger partial charge in [-0.3, -0.25) is 4.79 Å². The number of anilines is 1. The summed E-state index contributed by atoms with van der Waals surface area (Å²) in [5.74, 6) is 1.34. The molecule has 1 heterocycles. The van der Waals surface area contributed by atoms with Gasteiger partial charge in [0.1, 0.15) is 21.8 Å². The second kappa shape index (κ2) is 8.58. The lowest BCUT2D eigenvalue weighted by Crippen LogP contribution is -2.16. The Balaban J connectivity index is 1.84. The maximum atomic E-state index is 12.7. The number of aromatic nitrogens is 2. The molecule has 0 spiro atoms. The molecule has 0 fully saturated rings. The molecule has 8 heteroatoms. The molecule has 0 bridgehead atoms. The van der Waals surface area contributed by atoms with Crippen LogP contribution in [0.2, 0.25) is 0 Å². The highest BCUT2D eigenvalue weighted by molar-refractivity contribution is 9.11. The molecule has 0 radical (unpaired) electrons. The Morgan fingerprint density at radius 3 is 2.41 bits per heavy atom. The lowest BCUT2D eigenvalue weighted by Gasteiger charge is -2.13. The van der Waals surface area contributed by atoms with Crippen molar-refractivity contribution in [3.63, 3.8) is 0 Å². The number of rotatable bonds is 6. The Morgan fingerprint density at radius 1 is 1.11 bits per heavy atom. The van der Waals surface area contributed by atoms with Crippen molar-refractivity contribution >= 4 is 43.6 Å². The van der Waals surface area contributed by atoms with E-state index in [9.17, 15) is 4.79 Å². The molecule has 1 N–H and O–H groups in total. The van der Waals surface area contributed by atoms with Gasteiger partial charge in [-0.15, -0.1) is 0 Å². The van der Waals surface area contributed by atoms with Gasteiger partial charge in [0, 0.05) is 16.1 Å². The minimum Gasteiger partial charge on any atom is -0.495 e. The largest absolute Gasteiger partial charge is 0.495 e. The monoisotopic (exact) mass is 493 g/mol. The molecule has 140 valence electrons. The van der Waals surface area contributed by atoms with Gasteiger partial charge in [0.15, 0.2) is 0 Å². The zero-order valence-corrected chi connectivity index (χ0v) is 17.9. The van der Waals surface area contributed by atoms with Crippen molar-refractivity contribution in [1.29, 1.82) is 0 Å². The van der Waals surface area contributed by atoms with Crippen LogP contribution in [0.3, 0.4) is 0 Å². The topological polar surface area (TPSA) is 65.4 Å². The van der Waals surface area contributed by atoms with Crippen LogP contribution in [0.15, 0.2) is 57.6 Å². The molecule has 2 aromatic carbocycles. The number of benzene rings is 2. The molecule has 0 saturated carbocycles. The SMILES string of the molecule is COc1cc(C(=O)Nc2ccnn2Cc2ccccc2Br)cc(OC)c1Br. The summed E-state index contributed by atoms with van der Waals surface area (Å²) >= 11 is 6.93. The number of halogens is 2. The van der Waals surface area contributed by atoms with E-state index < -0.39 is 0 Å². The average Bonchev–Trinajstić information content (AvgIpc) is 3.10. The first-order valence-electron chi connectivity index (χ1n) is 8.01. The molecule has 0 aliphatic heterocycles. The summed E-state index contributed by atoms with van der Waals surface area (Å²) < 4.78 is 14.0. The van der Waals surface area contributed by atoms with E-state index in [0.717, 1.165) is 10.0 Å². The molecule has 27 heavy (non-hydrogen) atoms. The van der Waals surface area contributed by atoms with Crippen LogP contribution in [0.1, 0.15) is 15.9 Å². The quantitative estimate of drug-likeness (QED) is 0.538. The van der Waals surface area contributed by atoms with E-state index in [4.69, 9.17) is 9.47 Å². The third kappa shape index (κ3) is 4.33. The third-order valence-electron chi connectivity index (χ3n) is 3.94. The first kappa shape index (κ1) is 19.4. The molecule has 1 amide bonds. The average molecular weight is 495 g/mol. The molecule has 0 saturated heterocycles. The first-order valence-corrected chi connectivity index (χ1v) is 9.60. The van der Waals surface area contributed by atoms with Crippen LogP contribution >= 0.6 is 31.9 Å². The summed E-state index contributed by atoms with van der Waals surface area (Å²) in [6.45, 7) is 0.525. The van der Waals surface area contributed by atoms with E-state index in [-0.39, 0.29) is 5.91 Å². The van der Waals surface area contributed by atoms with Crippen LogP contribution in [0.25, 0.3) is 0 Å². The number of amides is 1. The predicted octanol–water partition coefficient (Wildman–Crippen LogP) is 4.73. The van der Waals surface area contributed by atoms with Crippen LogP contribution < -0.4 is 14.8 Å². The summed E-state index contributed by atoms with van der Waals surface area (Å²) in [7, 11) is 3.07. The Hall–Kier alpha value is -2.32. The minimum atomic E-state index is -0.284. The normalized spacial score (nSPS) is 10.5. The number of hydrogen-bond acceptors (Lipinski definition) is 4. The van der Waals surface area contributed by atoms with Crippen molar-refractivity contribution in [3.8, 4) is 11.5 Å². The maximum Gasteiger partial charge on any atom is 0.257 e. The summed E-state index contributed by atoms with van der Waals surface area (Å²) in [5.41, 5.74) is 1.48. The zero-order valence-electron chi connectivity index (χ0n) is 14.7. The number of carbonyl (C=O) groups excluding carboxylic acids is 1. The molecule has 3 aromatic rings. The number of methoxy groups -OCH3 is 2. The molecule has 0 atom stereocenters. The fourth-order valence-corrected chi connectivity index (χ4v) is 3.50. The van der Waals surface area contributed by atoms with Crippen molar-refractivity contribution in [3.05, 3.63) is 68.7 Å². The van der Waals surface area contributed by atoms with E-state index >= 15 is 0 Å². The highest BCUT2D eigenvalue weighted by atomic mass is 79.9. The van der Waals surface area contributed by atoms with Gasteiger partial charge in [0.25, 0.3) is 5.91 Å². The molecule has 0 aliphatic carbocycles. The van der Waals surface area contributed by atoms with E-state index in [1.807, 2.05) is 24.3 Å². The lowest BCUT2D eigenvalue weighted by molar-refractivity contribution is 0.102. The molecular formula is C19H17Br2N3O3. The molecule has 3 rings (SSSR count). The van der Waals surface area contributed by atoms with Crippen molar-refractivity contribution in [1.82, 2.24) is 9.78 Å². The van der Waals surface area contributed by atoms with Crippen molar-refractivity contribution in [2.24, 2.45) is 0 Å². The highest BCUT2D eigenvalue weighted by Crippen LogP contribution is 2.35. The van der Waals surface area contributed by atoms with Gasteiger partial charge >= 0.3 is 0 Å². The first-order chi connectivity index (χ1) is 13.0. The fourth-order valence-electron chi connectivity index (χ4n) is 2.54. The van der Waals surface area contributed by atoms with Crippen LogP contribution in [0, 0.1) is 0 Å². The summed E-state index contributed by atoms with van der Waals surface area (Å²) in [6.07, 6.45) is 1.65. The van der Waals surface area contributed by atoms with E-state index in [1.165, 1.54) is 14.2 Å². The number of hydrogen-bond donors (Lipinski definition) is 1. The van der Waals surface area contributed by atoms with E-state index in [1.54, 1.807) is 29.1 Å². The van der Waals surface area contributed by atoms with Gasteiger partial charge in [-0.2, -0.15) is 5.10 Å². The Kier molecular flexibility index (Phi) is 6.18. The molecular weight excluding hydrogens is 478 g/mol. The predicted molar refractivity (Wildman–Crippen MR) is 111 cm³/mol. The van der Waals surface area contributed by atoms with Crippen molar-refractivity contribution in [2.45, 2.75) is 6.54 Å². The van der Waals surface area contributed by atoms with Gasteiger partial charge < -0.3 is 14.8 Å². The van der Waals surface area contributed by atoms with Gasteiger partial charge in [0.05, 0.1) is 27.0 Å². The molecule has 0 unspecified atom stereocenters. The van der Waals surface area contributed by atoms with Gasteiger partial charge in [0.2, 0.25) is 0 Å². The summed E-state index contributed by atoms with van der Waals surface area (Å²) in [5, 5.41) is 7.19. The Labute approximate surface area is 173 Å². The number of nitrogens with zero attached hydrogens (tertiary/aromatic N) is 2. The molecule has 0 aliphatic rings. The Morgan fingerprint density at radius 2 is 1.78 bits per heavy atom. The van der Waals surface area contributed by atoms with Gasteiger partial charge in [-0.1, -0.05) is 34.1 Å². The Bertz CT molecular complexity index is 947. The summed E-state index contributed by atoms with van der Waals surface area (Å²) in [6, 6.07) is 12.9. The van der Waals surface area contributed by atoms with Crippen LogP contribution in [-0.4, -0.2) is 29.9 Å². The second-order valence-electron chi connectivity index (χ2n) is 5.61. The van der Waals surface area contributed by atoms with E-state index in [2.05, 4.69) is 42.3 Å². The number of nitrogens with one attached hydrogen (secondary N) is 1. The number of carbonyl (C=O) groups is 1. The molecule has 6 nitrogen and oxygen atoms in total. The smallest absolute Gasteiger partial charge is 0.257 e. The van der Waals surface area contributed by atoms with Crippen molar-refractivity contribution < 1.29 is 14.3 Å². The van der Waals surface area contributed by atoms with E-state index in [0.29, 0.717) is 33.9 Å². The second-order valence-corrected chi connectivity index (χ2v) is 7.26. The van der Waals surface area contributed by atoms with Crippen LogP contribution in [-0.2, 0) is 6.54 Å². The van der Waals surface area contributed by atoms with Crippen LogP contribution in [0.5, 0.6) is 11.5 Å². The van der Waals surface area contributed by atoms with Gasteiger partial charge in [-0.25, -0.2) is 4.68 Å². The highest BCUT2D eigenvalue weighted by Gasteiger charge is 2.16. The summed E-state index contributed by atoms with van der Waals surface area (Å²) in [4.78, 5) is 12.7. The fraction of sp³-hybridized carbons (Fsp3) is 0.158. The minimum absolute atomic E-state index is 0.284. The lowest BCUT2D eigenvalue weighted by atomic mass is 10.2. The maximum absolute atomic E-state index is 12.7. The third-order valence-corrected chi connectivity index (χ3v) is 5.50. The number of ether oxygens (including phenoxy) is 2. The molecule has 1 aromatic heterocycles. The zero-order chi connectivity index (χ0) is 19.4.